The summed E-state index contributed by atoms with van der Waals surface area (Å²) in [6.45, 7) is 0.528. The Morgan fingerprint density at radius 2 is 2.20 bits per heavy atom. The third kappa shape index (κ3) is 3.47. The first-order valence-corrected chi connectivity index (χ1v) is 6.32. The Labute approximate surface area is 117 Å². The molecule has 0 spiro atoms. The fraction of sp³-hybridized carbons (Fsp3) is 0.200. The van der Waals surface area contributed by atoms with Crippen LogP contribution in [0.3, 0.4) is 0 Å². The number of carbonyl (C=O) groups excluding carboxylic acids is 1. The molecule has 1 amide bonds. The van der Waals surface area contributed by atoms with Gasteiger partial charge in [0, 0.05) is 12.7 Å². The first kappa shape index (κ1) is 13.9. The van der Waals surface area contributed by atoms with Crippen LogP contribution >= 0.6 is 0 Å². The Morgan fingerprint density at radius 3 is 2.95 bits per heavy atom. The van der Waals surface area contributed by atoms with E-state index in [9.17, 15) is 4.79 Å². The molecule has 0 saturated carbocycles. The predicted molar refractivity (Wildman–Crippen MR) is 77.7 cm³/mol. The second-order valence-corrected chi connectivity index (χ2v) is 4.29. The molecule has 0 saturated heterocycles. The fourth-order valence-electron chi connectivity index (χ4n) is 1.85. The van der Waals surface area contributed by atoms with Crippen molar-refractivity contribution < 1.29 is 9.53 Å². The number of hydrogen-bond acceptors (Lipinski definition) is 4. The van der Waals surface area contributed by atoms with Gasteiger partial charge in [-0.3, -0.25) is 4.79 Å². The zero-order chi connectivity index (χ0) is 14.4. The lowest BCUT2D eigenvalue weighted by Gasteiger charge is -2.07. The molecule has 104 valence electrons. The minimum atomic E-state index is -0.210. The number of nitrogen functional groups attached to an aromatic ring is 1. The molecular weight excluding hydrogens is 254 g/mol. The van der Waals surface area contributed by atoms with E-state index in [2.05, 4.69) is 10.3 Å². The number of aromatic nitrogens is 1. The predicted octanol–water partition coefficient (Wildman–Crippen LogP) is 1.64. The van der Waals surface area contributed by atoms with Gasteiger partial charge in [-0.25, -0.2) is 4.98 Å². The van der Waals surface area contributed by atoms with E-state index in [0.717, 1.165) is 17.7 Å². The normalized spacial score (nSPS) is 10.1. The van der Waals surface area contributed by atoms with Crippen molar-refractivity contribution in [3.05, 3.63) is 53.7 Å². The van der Waals surface area contributed by atoms with Crippen LogP contribution < -0.4 is 15.8 Å². The highest BCUT2D eigenvalue weighted by atomic mass is 16.5. The van der Waals surface area contributed by atoms with E-state index in [1.807, 2.05) is 24.3 Å². The Kier molecular flexibility index (Phi) is 4.55. The number of hydrogen-bond donors (Lipinski definition) is 2. The second kappa shape index (κ2) is 6.56. The quantitative estimate of drug-likeness (QED) is 0.866. The molecule has 3 N–H and O–H groups in total. The monoisotopic (exact) mass is 271 g/mol. The minimum Gasteiger partial charge on any atom is -0.497 e. The fourth-order valence-corrected chi connectivity index (χ4v) is 1.85. The van der Waals surface area contributed by atoms with Crippen LogP contribution in [0.15, 0.2) is 42.6 Å². The highest BCUT2D eigenvalue weighted by Gasteiger charge is 2.08. The highest BCUT2D eigenvalue weighted by Crippen LogP contribution is 2.12. The van der Waals surface area contributed by atoms with Crippen molar-refractivity contribution in [2.45, 2.75) is 6.42 Å². The van der Waals surface area contributed by atoms with Crippen LogP contribution in [0.25, 0.3) is 0 Å². The van der Waals surface area contributed by atoms with Crippen LogP contribution in [0.5, 0.6) is 5.75 Å². The molecule has 0 aliphatic rings. The van der Waals surface area contributed by atoms with E-state index in [1.54, 1.807) is 25.4 Å². The van der Waals surface area contributed by atoms with Crippen LogP contribution in [0.1, 0.15) is 15.9 Å². The number of methoxy groups -OCH3 is 1. The molecule has 0 bridgehead atoms. The molecule has 5 heteroatoms. The summed E-state index contributed by atoms with van der Waals surface area (Å²) in [6, 6.07) is 11.1. The summed E-state index contributed by atoms with van der Waals surface area (Å²) in [7, 11) is 1.63. The summed E-state index contributed by atoms with van der Waals surface area (Å²) in [5.74, 6) is 0.843. The number of nitrogens with one attached hydrogen (secondary N) is 1. The first-order valence-electron chi connectivity index (χ1n) is 6.32. The summed E-state index contributed by atoms with van der Waals surface area (Å²) in [4.78, 5) is 15.8. The molecule has 1 aromatic carbocycles. The number of nitrogens with two attached hydrogens (primary N) is 1. The number of ether oxygens (including phenoxy) is 1. The number of amides is 1. The number of rotatable bonds is 5. The summed E-state index contributed by atoms with van der Waals surface area (Å²) in [6.07, 6.45) is 2.28. The first-order chi connectivity index (χ1) is 9.70. The van der Waals surface area contributed by atoms with E-state index < -0.39 is 0 Å². The van der Waals surface area contributed by atoms with Gasteiger partial charge >= 0.3 is 0 Å². The Hall–Kier alpha value is -2.56. The third-order valence-corrected chi connectivity index (χ3v) is 2.92. The SMILES string of the molecule is COc1cccc(CCNC(=O)c2cccnc2N)c1. The van der Waals surface area contributed by atoms with Gasteiger partial charge in [-0.05, 0) is 36.2 Å². The van der Waals surface area contributed by atoms with Crippen LogP contribution in [-0.4, -0.2) is 24.5 Å². The second-order valence-electron chi connectivity index (χ2n) is 4.29. The van der Waals surface area contributed by atoms with Crippen molar-refractivity contribution in [3.63, 3.8) is 0 Å². The maximum absolute atomic E-state index is 11.9. The van der Waals surface area contributed by atoms with Crippen molar-refractivity contribution in [2.75, 3.05) is 19.4 Å². The van der Waals surface area contributed by atoms with Gasteiger partial charge in [-0.1, -0.05) is 12.1 Å². The zero-order valence-electron chi connectivity index (χ0n) is 11.3. The summed E-state index contributed by atoms with van der Waals surface area (Å²) in [5, 5.41) is 2.83. The standard InChI is InChI=1S/C15H17N3O2/c1-20-12-5-2-4-11(10-12)7-9-18-15(19)13-6-3-8-17-14(13)16/h2-6,8,10H,7,9H2,1H3,(H2,16,17)(H,18,19). The molecule has 0 unspecified atom stereocenters. The van der Waals surface area contributed by atoms with Crippen LogP contribution in [0.4, 0.5) is 5.82 Å². The molecule has 5 nitrogen and oxygen atoms in total. The van der Waals surface area contributed by atoms with Crippen molar-refractivity contribution in [2.24, 2.45) is 0 Å². The van der Waals surface area contributed by atoms with Gasteiger partial charge in [-0.2, -0.15) is 0 Å². The van der Waals surface area contributed by atoms with Gasteiger partial charge in [0.1, 0.15) is 11.6 Å². The smallest absolute Gasteiger partial charge is 0.255 e. The van der Waals surface area contributed by atoms with Gasteiger partial charge in [0.25, 0.3) is 5.91 Å². The zero-order valence-corrected chi connectivity index (χ0v) is 11.3. The number of anilines is 1. The lowest BCUT2D eigenvalue weighted by molar-refractivity contribution is 0.0955. The van der Waals surface area contributed by atoms with Crippen LogP contribution in [-0.2, 0) is 6.42 Å². The molecule has 1 heterocycles. The van der Waals surface area contributed by atoms with Crippen molar-refractivity contribution in [3.8, 4) is 5.75 Å². The van der Waals surface area contributed by atoms with Gasteiger partial charge in [-0.15, -0.1) is 0 Å². The van der Waals surface area contributed by atoms with Crippen molar-refractivity contribution in [1.82, 2.24) is 10.3 Å². The minimum absolute atomic E-state index is 0.210. The molecule has 0 aliphatic heterocycles. The molecule has 0 aliphatic carbocycles. The van der Waals surface area contributed by atoms with Crippen LogP contribution in [0.2, 0.25) is 0 Å². The number of pyridine rings is 1. The summed E-state index contributed by atoms with van der Waals surface area (Å²) in [5.41, 5.74) is 7.16. The van der Waals surface area contributed by atoms with E-state index >= 15 is 0 Å². The lowest BCUT2D eigenvalue weighted by Crippen LogP contribution is -2.26. The topological polar surface area (TPSA) is 77.2 Å². The molecule has 1 aromatic heterocycles. The Morgan fingerprint density at radius 1 is 1.35 bits per heavy atom. The number of nitrogens with zero attached hydrogens (tertiary/aromatic N) is 1. The van der Waals surface area contributed by atoms with Gasteiger partial charge in [0.15, 0.2) is 0 Å². The average Bonchev–Trinajstić information content (AvgIpc) is 2.48. The Bertz CT molecular complexity index is 599. The van der Waals surface area contributed by atoms with E-state index in [-0.39, 0.29) is 11.7 Å². The summed E-state index contributed by atoms with van der Waals surface area (Å²) >= 11 is 0. The maximum Gasteiger partial charge on any atom is 0.255 e. The van der Waals surface area contributed by atoms with Gasteiger partial charge < -0.3 is 15.8 Å². The van der Waals surface area contributed by atoms with Gasteiger partial charge in [0.05, 0.1) is 12.7 Å². The number of carbonyl (C=O) groups is 1. The third-order valence-electron chi connectivity index (χ3n) is 2.92. The average molecular weight is 271 g/mol. The highest BCUT2D eigenvalue weighted by molar-refractivity contribution is 5.98. The largest absolute Gasteiger partial charge is 0.497 e. The van der Waals surface area contributed by atoms with E-state index in [1.165, 1.54) is 0 Å². The Balaban J connectivity index is 1.89. The maximum atomic E-state index is 11.9. The van der Waals surface area contributed by atoms with Gasteiger partial charge in [0.2, 0.25) is 0 Å². The summed E-state index contributed by atoms with van der Waals surface area (Å²) < 4.78 is 5.16. The molecule has 0 radical (unpaired) electrons. The van der Waals surface area contributed by atoms with Crippen molar-refractivity contribution in [1.29, 1.82) is 0 Å². The molecule has 20 heavy (non-hydrogen) atoms. The molecule has 2 rings (SSSR count). The molecule has 0 fully saturated rings. The van der Waals surface area contributed by atoms with Crippen LogP contribution in [0, 0.1) is 0 Å². The van der Waals surface area contributed by atoms with E-state index in [4.69, 9.17) is 10.5 Å². The molecule has 0 atom stereocenters. The molecule has 2 aromatic rings. The lowest BCUT2D eigenvalue weighted by atomic mass is 10.1. The number of benzene rings is 1. The molecular formula is C15H17N3O2. The van der Waals surface area contributed by atoms with E-state index in [0.29, 0.717) is 12.1 Å². The van der Waals surface area contributed by atoms with Crippen molar-refractivity contribution >= 4 is 11.7 Å².